The van der Waals surface area contributed by atoms with E-state index in [9.17, 15) is 9.59 Å². The molecule has 2 aromatic heterocycles. The Bertz CT molecular complexity index is 1010. The van der Waals surface area contributed by atoms with Gasteiger partial charge >= 0.3 is 6.03 Å². The van der Waals surface area contributed by atoms with Crippen LogP contribution in [-0.2, 0) is 11.2 Å². The Morgan fingerprint density at radius 1 is 1.19 bits per heavy atom. The van der Waals surface area contributed by atoms with Gasteiger partial charge in [0.2, 0.25) is 5.91 Å². The highest BCUT2D eigenvalue weighted by atomic mass is 32.1. The number of aromatic nitrogens is 1. The molecule has 0 saturated carbocycles. The second-order valence-electron chi connectivity index (χ2n) is 7.85. The highest BCUT2D eigenvalue weighted by Crippen LogP contribution is 2.28. The highest BCUT2D eigenvalue weighted by molar-refractivity contribution is 7.20. The molecule has 2 N–H and O–H groups in total. The number of likely N-dealkylation sites (tertiary alicyclic amines) is 1. The van der Waals surface area contributed by atoms with Crippen molar-refractivity contribution in [2.45, 2.75) is 26.2 Å². The molecule has 1 aliphatic heterocycles. The van der Waals surface area contributed by atoms with Gasteiger partial charge < -0.3 is 15.5 Å². The van der Waals surface area contributed by atoms with Gasteiger partial charge in [-0.15, -0.1) is 22.7 Å². The molecule has 3 amide bonds. The summed E-state index contributed by atoms with van der Waals surface area (Å²) in [5, 5.41) is 10.8. The minimum Gasteiger partial charge on any atom is -0.342 e. The van der Waals surface area contributed by atoms with Gasteiger partial charge in [-0.2, -0.15) is 0 Å². The van der Waals surface area contributed by atoms with Crippen molar-refractivity contribution >= 4 is 40.3 Å². The molecule has 0 aliphatic carbocycles. The summed E-state index contributed by atoms with van der Waals surface area (Å²) in [6.07, 6.45) is 2.29. The van der Waals surface area contributed by atoms with Crippen LogP contribution in [0.1, 0.15) is 24.1 Å². The largest absolute Gasteiger partial charge is 0.342 e. The molecule has 31 heavy (non-hydrogen) atoms. The Hall–Kier alpha value is -2.71. The molecule has 162 valence electrons. The molecule has 6 nitrogen and oxygen atoms in total. The first-order valence-electron chi connectivity index (χ1n) is 10.4. The zero-order chi connectivity index (χ0) is 21.6. The SMILES string of the molecule is Cc1ccc(NC(=O)NCC2CCCN(C(=O)Cc3csc(-c4cccs4)n3)C2)cc1. The van der Waals surface area contributed by atoms with Gasteiger partial charge in [-0.1, -0.05) is 23.8 Å². The summed E-state index contributed by atoms with van der Waals surface area (Å²) in [5.41, 5.74) is 2.75. The second kappa shape index (κ2) is 10.1. The number of anilines is 1. The summed E-state index contributed by atoms with van der Waals surface area (Å²) >= 11 is 3.24. The van der Waals surface area contributed by atoms with Crippen molar-refractivity contribution in [1.82, 2.24) is 15.2 Å². The van der Waals surface area contributed by atoms with E-state index >= 15 is 0 Å². The fourth-order valence-corrected chi connectivity index (χ4v) is 5.31. The molecule has 3 aromatic rings. The lowest BCUT2D eigenvalue weighted by Crippen LogP contribution is -2.44. The Kier molecular flexibility index (Phi) is 6.99. The lowest BCUT2D eigenvalue weighted by molar-refractivity contribution is -0.132. The monoisotopic (exact) mass is 454 g/mol. The number of urea groups is 1. The zero-order valence-corrected chi connectivity index (χ0v) is 19.1. The number of carbonyl (C=O) groups is 2. The number of hydrogen-bond acceptors (Lipinski definition) is 5. The number of carbonyl (C=O) groups excluding carboxylic acids is 2. The number of hydrogen-bond donors (Lipinski definition) is 2. The fraction of sp³-hybridized carbons (Fsp3) is 0.348. The number of thiophene rings is 1. The quantitative estimate of drug-likeness (QED) is 0.563. The molecule has 4 rings (SSSR count). The van der Waals surface area contributed by atoms with Crippen LogP contribution < -0.4 is 10.6 Å². The number of benzene rings is 1. The van der Waals surface area contributed by atoms with E-state index < -0.39 is 0 Å². The number of thiazole rings is 1. The van der Waals surface area contributed by atoms with E-state index in [4.69, 9.17) is 0 Å². The summed E-state index contributed by atoms with van der Waals surface area (Å²) in [4.78, 5) is 32.7. The van der Waals surface area contributed by atoms with E-state index in [1.165, 1.54) is 0 Å². The summed E-state index contributed by atoms with van der Waals surface area (Å²) in [5.74, 6) is 0.371. The van der Waals surface area contributed by atoms with Gasteiger partial charge in [-0.3, -0.25) is 4.79 Å². The second-order valence-corrected chi connectivity index (χ2v) is 9.65. The smallest absolute Gasteiger partial charge is 0.319 e. The minimum atomic E-state index is -0.212. The predicted octanol–water partition coefficient (Wildman–Crippen LogP) is 4.78. The van der Waals surface area contributed by atoms with Crippen molar-refractivity contribution in [1.29, 1.82) is 0 Å². The minimum absolute atomic E-state index is 0.108. The molecule has 3 heterocycles. The predicted molar refractivity (Wildman–Crippen MR) is 127 cm³/mol. The van der Waals surface area contributed by atoms with E-state index in [2.05, 4.69) is 15.6 Å². The van der Waals surface area contributed by atoms with Crippen LogP contribution in [0, 0.1) is 12.8 Å². The van der Waals surface area contributed by atoms with E-state index in [0.717, 1.165) is 46.2 Å². The molecule has 1 fully saturated rings. The van der Waals surface area contributed by atoms with Gasteiger partial charge in [0, 0.05) is 30.7 Å². The maximum absolute atomic E-state index is 12.8. The van der Waals surface area contributed by atoms with E-state index in [0.29, 0.717) is 19.5 Å². The maximum atomic E-state index is 12.8. The van der Waals surface area contributed by atoms with Crippen molar-refractivity contribution in [3.63, 3.8) is 0 Å². The lowest BCUT2D eigenvalue weighted by Gasteiger charge is -2.32. The molecule has 1 atom stereocenters. The third-order valence-electron chi connectivity index (χ3n) is 5.35. The molecule has 0 spiro atoms. The van der Waals surface area contributed by atoms with Crippen molar-refractivity contribution in [3.8, 4) is 9.88 Å². The zero-order valence-electron chi connectivity index (χ0n) is 17.5. The number of nitrogens with one attached hydrogen (secondary N) is 2. The van der Waals surface area contributed by atoms with E-state index in [1.807, 2.05) is 59.0 Å². The van der Waals surface area contributed by atoms with Crippen molar-refractivity contribution in [2.24, 2.45) is 5.92 Å². The summed E-state index contributed by atoms with van der Waals surface area (Å²) < 4.78 is 0. The molecule has 1 aromatic carbocycles. The van der Waals surface area contributed by atoms with Gasteiger partial charge in [-0.05, 0) is 49.3 Å². The molecule has 0 radical (unpaired) electrons. The van der Waals surface area contributed by atoms with Crippen LogP contribution in [0.5, 0.6) is 0 Å². The average Bonchev–Trinajstić information content (AvgIpc) is 3.46. The Morgan fingerprint density at radius 2 is 2.03 bits per heavy atom. The third-order valence-corrected chi connectivity index (χ3v) is 7.28. The number of nitrogens with zero attached hydrogens (tertiary/aromatic N) is 2. The van der Waals surface area contributed by atoms with Crippen LogP contribution in [0.25, 0.3) is 9.88 Å². The normalized spacial score (nSPS) is 16.2. The van der Waals surface area contributed by atoms with Crippen molar-refractivity contribution < 1.29 is 9.59 Å². The Balaban J connectivity index is 1.24. The Labute approximate surface area is 190 Å². The van der Waals surface area contributed by atoms with Crippen molar-refractivity contribution in [2.75, 3.05) is 25.0 Å². The first kappa shape index (κ1) is 21.5. The van der Waals surface area contributed by atoms with Crippen molar-refractivity contribution in [3.05, 3.63) is 58.4 Å². The number of aryl methyl sites for hydroxylation is 1. The number of rotatable bonds is 6. The van der Waals surface area contributed by atoms with Crippen LogP contribution in [0.15, 0.2) is 47.2 Å². The first-order valence-corrected chi connectivity index (χ1v) is 12.2. The summed E-state index contributed by atoms with van der Waals surface area (Å²) in [6, 6.07) is 11.5. The molecule has 1 saturated heterocycles. The van der Waals surface area contributed by atoms with Gasteiger partial charge in [0.25, 0.3) is 0 Å². The van der Waals surface area contributed by atoms with Crippen LogP contribution >= 0.6 is 22.7 Å². The van der Waals surface area contributed by atoms with Crippen LogP contribution in [0.2, 0.25) is 0 Å². The van der Waals surface area contributed by atoms with Crippen LogP contribution in [-0.4, -0.2) is 41.5 Å². The van der Waals surface area contributed by atoms with Gasteiger partial charge in [-0.25, -0.2) is 9.78 Å². The van der Waals surface area contributed by atoms with Crippen LogP contribution in [0.4, 0.5) is 10.5 Å². The molecular formula is C23H26N4O2S2. The fourth-order valence-electron chi connectivity index (χ4n) is 3.68. The first-order chi connectivity index (χ1) is 15.1. The average molecular weight is 455 g/mol. The standard InChI is InChI=1S/C23H26N4O2S2/c1-16-6-8-18(9-7-16)26-23(29)24-13-17-4-2-10-27(14-17)21(28)12-19-15-31-22(25-19)20-5-3-11-30-20/h3,5-9,11,15,17H,2,4,10,12-14H2,1H3,(H2,24,26,29). The third kappa shape index (κ3) is 5.92. The van der Waals surface area contributed by atoms with Gasteiger partial charge in [0.05, 0.1) is 17.0 Å². The molecule has 1 aliphatic rings. The molecule has 1 unspecified atom stereocenters. The number of piperidine rings is 1. The van der Waals surface area contributed by atoms with E-state index in [-0.39, 0.29) is 17.9 Å². The molecular weight excluding hydrogens is 428 g/mol. The summed E-state index contributed by atoms with van der Waals surface area (Å²) in [7, 11) is 0. The van der Waals surface area contributed by atoms with Gasteiger partial charge in [0.15, 0.2) is 0 Å². The molecule has 0 bridgehead atoms. The topological polar surface area (TPSA) is 74.3 Å². The molecule has 8 heteroatoms. The number of amides is 3. The van der Waals surface area contributed by atoms with Crippen LogP contribution in [0.3, 0.4) is 0 Å². The summed E-state index contributed by atoms with van der Waals surface area (Å²) in [6.45, 7) is 4.01. The lowest BCUT2D eigenvalue weighted by atomic mass is 9.97. The maximum Gasteiger partial charge on any atom is 0.319 e. The van der Waals surface area contributed by atoms with Gasteiger partial charge in [0.1, 0.15) is 5.01 Å². The highest BCUT2D eigenvalue weighted by Gasteiger charge is 2.24. The van der Waals surface area contributed by atoms with E-state index in [1.54, 1.807) is 22.7 Å². The Morgan fingerprint density at radius 3 is 2.81 bits per heavy atom.